The molecule has 1 aromatic carbocycles. The van der Waals surface area contributed by atoms with Crippen LogP contribution in [0.5, 0.6) is 0 Å². The number of hydrogen-bond acceptors (Lipinski definition) is 4. The largest absolute Gasteiger partial charge is 0.359 e. The summed E-state index contributed by atoms with van der Waals surface area (Å²) in [5.41, 5.74) is 1.77. The molecular formula is C14H17N5O. The van der Waals surface area contributed by atoms with Gasteiger partial charge in [0.2, 0.25) is 11.9 Å². The Morgan fingerprint density at radius 1 is 1.50 bits per heavy atom. The number of amides is 1. The van der Waals surface area contributed by atoms with Crippen molar-refractivity contribution >= 4 is 22.9 Å². The van der Waals surface area contributed by atoms with Crippen LogP contribution in [0.15, 0.2) is 24.3 Å². The summed E-state index contributed by atoms with van der Waals surface area (Å²) in [4.78, 5) is 18.2. The van der Waals surface area contributed by atoms with Crippen LogP contribution in [-0.4, -0.2) is 41.0 Å². The minimum absolute atomic E-state index is 0.0418. The second-order valence-electron chi connectivity index (χ2n) is 4.48. The zero-order chi connectivity index (χ0) is 14.5. The van der Waals surface area contributed by atoms with Gasteiger partial charge in [-0.05, 0) is 12.1 Å². The van der Waals surface area contributed by atoms with Gasteiger partial charge in [0.05, 0.1) is 23.5 Å². The quantitative estimate of drug-likeness (QED) is 0.893. The molecule has 1 amide bonds. The lowest BCUT2D eigenvalue weighted by molar-refractivity contribution is -0.130. The highest BCUT2D eigenvalue weighted by Crippen LogP contribution is 2.19. The lowest BCUT2D eigenvalue weighted by atomic mass is 10.3. The predicted molar refractivity (Wildman–Crippen MR) is 77.1 cm³/mol. The fraction of sp³-hybridized carbons (Fsp3) is 0.357. The molecule has 1 N–H and O–H groups in total. The zero-order valence-corrected chi connectivity index (χ0v) is 11.6. The van der Waals surface area contributed by atoms with E-state index in [1.165, 1.54) is 0 Å². The van der Waals surface area contributed by atoms with Gasteiger partial charge in [0.25, 0.3) is 0 Å². The Labute approximate surface area is 117 Å². The third kappa shape index (κ3) is 2.72. The SMILES string of the molecule is CNc1nc2ccccc2n1CC(=O)N(C)CCC#N. The van der Waals surface area contributed by atoms with E-state index < -0.39 is 0 Å². The molecule has 0 spiro atoms. The van der Waals surface area contributed by atoms with Crippen molar-refractivity contribution in [2.45, 2.75) is 13.0 Å². The number of carbonyl (C=O) groups excluding carboxylic acids is 1. The summed E-state index contributed by atoms with van der Waals surface area (Å²) in [6.07, 6.45) is 0.339. The lowest BCUT2D eigenvalue weighted by Gasteiger charge is -2.17. The number of anilines is 1. The van der Waals surface area contributed by atoms with E-state index in [9.17, 15) is 4.79 Å². The number of carbonyl (C=O) groups is 1. The molecule has 1 heterocycles. The molecule has 0 aliphatic heterocycles. The third-order valence-electron chi connectivity index (χ3n) is 3.16. The van der Waals surface area contributed by atoms with E-state index in [0.717, 1.165) is 11.0 Å². The van der Waals surface area contributed by atoms with Gasteiger partial charge < -0.3 is 14.8 Å². The predicted octanol–water partition coefficient (Wildman–Crippen LogP) is 1.45. The fourth-order valence-electron chi connectivity index (χ4n) is 2.02. The third-order valence-corrected chi connectivity index (χ3v) is 3.16. The molecule has 0 aliphatic rings. The van der Waals surface area contributed by atoms with Crippen LogP contribution in [0, 0.1) is 11.3 Å². The molecule has 0 saturated heterocycles. The van der Waals surface area contributed by atoms with E-state index in [-0.39, 0.29) is 12.5 Å². The highest BCUT2D eigenvalue weighted by atomic mass is 16.2. The standard InChI is InChI=1S/C14H17N5O/c1-16-14-17-11-6-3-4-7-12(11)19(14)10-13(20)18(2)9-5-8-15/h3-4,6-7H,5,9-10H2,1-2H3,(H,16,17). The van der Waals surface area contributed by atoms with E-state index in [0.29, 0.717) is 18.9 Å². The molecule has 2 aromatic rings. The van der Waals surface area contributed by atoms with E-state index >= 15 is 0 Å². The molecule has 6 heteroatoms. The Bertz CT molecular complexity index is 655. The first-order valence-electron chi connectivity index (χ1n) is 6.41. The molecule has 20 heavy (non-hydrogen) atoms. The van der Waals surface area contributed by atoms with Crippen LogP contribution in [0.4, 0.5) is 5.95 Å². The number of nitrogens with zero attached hydrogens (tertiary/aromatic N) is 4. The molecule has 0 saturated carbocycles. The summed E-state index contributed by atoms with van der Waals surface area (Å²) in [5.74, 6) is 0.619. The lowest BCUT2D eigenvalue weighted by Crippen LogP contribution is -2.31. The Kier molecular flexibility index (Phi) is 4.20. The van der Waals surface area contributed by atoms with Crippen molar-refractivity contribution in [3.8, 4) is 6.07 Å². The number of nitrogens with one attached hydrogen (secondary N) is 1. The molecule has 2 rings (SSSR count). The molecule has 6 nitrogen and oxygen atoms in total. The van der Waals surface area contributed by atoms with Gasteiger partial charge in [-0.1, -0.05) is 12.1 Å². The summed E-state index contributed by atoms with van der Waals surface area (Å²) >= 11 is 0. The Balaban J connectivity index is 2.24. The summed E-state index contributed by atoms with van der Waals surface area (Å²) in [7, 11) is 3.49. The van der Waals surface area contributed by atoms with Crippen molar-refractivity contribution in [1.29, 1.82) is 5.26 Å². The number of benzene rings is 1. The van der Waals surface area contributed by atoms with Crippen LogP contribution in [0.3, 0.4) is 0 Å². The Morgan fingerprint density at radius 3 is 2.95 bits per heavy atom. The van der Waals surface area contributed by atoms with Crippen molar-refractivity contribution in [1.82, 2.24) is 14.5 Å². The zero-order valence-electron chi connectivity index (χ0n) is 11.6. The minimum Gasteiger partial charge on any atom is -0.359 e. The number of aromatic nitrogens is 2. The summed E-state index contributed by atoms with van der Waals surface area (Å²) in [6, 6.07) is 9.73. The highest BCUT2D eigenvalue weighted by molar-refractivity contribution is 5.83. The van der Waals surface area contributed by atoms with Gasteiger partial charge in [0.1, 0.15) is 6.54 Å². The Hall–Kier alpha value is -2.55. The normalized spacial score (nSPS) is 10.2. The van der Waals surface area contributed by atoms with E-state index in [1.807, 2.05) is 34.9 Å². The van der Waals surface area contributed by atoms with Gasteiger partial charge in [0.15, 0.2) is 0 Å². The van der Waals surface area contributed by atoms with Crippen molar-refractivity contribution in [3.63, 3.8) is 0 Å². The average Bonchev–Trinajstić information content (AvgIpc) is 2.82. The molecule has 0 bridgehead atoms. The van der Waals surface area contributed by atoms with Gasteiger partial charge >= 0.3 is 0 Å². The first kappa shape index (κ1) is 13.9. The topological polar surface area (TPSA) is 74.0 Å². The second-order valence-corrected chi connectivity index (χ2v) is 4.48. The molecule has 0 radical (unpaired) electrons. The second kappa shape index (κ2) is 6.06. The van der Waals surface area contributed by atoms with Crippen LogP contribution < -0.4 is 5.32 Å². The highest BCUT2D eigenvalue weighted by Gasteiger charge is 2.15. The monoisotopic (exact) mass is 271 g/mol. The first-order valence-corrected chi connectivity index (χ1v) is 6.41. The van der Waals surface area contributed by atoms with Crippen molar-refractivity contribution in [3.05, 3.63) is 24.3 Å². The van der Waals surface area contributed by atoms with E-state index in [4.69, 9.17) is 5.26 Å². The summed E-state index contributed by atoms with van der Waals surface area (Å²) < 4.78 is 1.85. The maximum absolute atomic E-state index is 12.2. The number of rotatable bonds is 5. The van der Waals surface area contributed by atoms with Crippen LogP contribution in [0.2, 0.25) is 0 Å². The van der Waals surface area contributed by atoms with Crippen LogP contribution in [0.25, 0.3) is 11.0 Å². The van der Waals surface area contributed by atoms with Crippen molar-refractivity contribution in [2.75, 3.05) is 26.0 Å². The first-order chi connectivity index (χ1) is 9.67. The molecule has 0 aliphatic carbocycles. The van der Waals surface area contributed by atoms with Crippen LogP contribution in [-0.2, 0) is 11.3 Å². The Morgan fingerprint density at radius 2 is 2.25 bits per heavy atom. The smallest absolute Gasteiger partial charge is 0.242 e. The van der Waals surface area contributed by atoms with Gasteiger partial charge in [0, 0.05) is 20.6 Å². The average molecular weight is 271 g/mol. The molecule has 1 aromatic heterocycles. The number of hydrogen-bond donors (Lipinski definition) is 1. The van der Waals surface area contributed by atoms with Gasteiger partial charge in [-0.3, -0.25) is 4.79 Å². The minimum atomic E-state index is -0.0418. The summed E-state index contributed by atoms with van der Waals surface area (Å²) in [6.45, 7) is 0.648. The number of para-hydroxylation sites is 2. The number of likely N-dealkylation sites (N-methyl/N-ethyl adjacent to an activating group) is 1. The number of imidazole rings is 1. The summed E-state index contributed by atoms with van der Waals surface area (Å²) in [5, 5.41) is 11.6. The van der Waals surface area contributed by atoms with Gasteiger partial charge in [-0.25, -0.2) is 4.98 Å². The molecule has 0 atom stereocenters. The molecular weight excluding hydrogens is 254 g/mol. The molecule has 0 fully saturated rings. The number of nitriles is 1. The van der Waals surface area contributed by atoms with Crippen molar-refractivity contribution < 1.29 is 4.79 Å². The molecule has 0 unspecified atom stereocenters. The van der Waals surface area contributed by atoms with E-state index in [2.05, 4.69) is 10.3 Å². The maximum atomic E-state index is 12.2. The van der Waals surface area contributed by atoms with Crippen LogP contribution >= 0.6 is 0 Å². The number of fused-ring (bicyclic) bond motifs is 1. The van der Waals surface area contributed by atoms with Gasteiger partial charge in [-0.15, -0.1) is 0 Å². The van der Waals surface area contributed by atoms with Crippen LogP contribution in [0.1, 0.15) is 6.42 Å². The van der Waals surface area contributed by atoms with E-state index in [1.54, 1.807) is 19.0 Å². The maximum Gasteiger partial charge on any atom is 0.242 e. The fourth-order valence-corrected chi connectivity index (χ4v) is 2.02. The van der Waals surface area contributed by atoms with Crippen molar-refractivity contribution in [2.24, 2.45) is 0 Å². The van der Waals surface area contributed by atoms with Gasteiger partial charge in [-0.2, -0.15) is 5.26 Å². The molecule has 104 valence electrons.